The van der Waals surface area contributed by atoms with E-state index in [1.54, 1.807) is 6.92 Å². The molecule has 0 spiro atoms. The molecule has 0 N–H and O–H groups in total. The van der Waals surface area contributed by atoms with Crippen LogP contribution in [-0.4, -0.2) is 11.9 Å². The molecule has 2 unspecified atom stereocenters. The van der Waals surface area contributed by atoms with E-state index in [-0.39, 0.29) is 5.78 Å². The van der Waals surface area contributed by atoms with Crippen molar-refractivity contribution in [1.29, 1.82) is 0 Å². The number of rotatable bonds is 3. The van der Waals surface area contributed by atoms with Gasteiger partial charge in [-0.05, 0) is 61.8 Å². The standard InChI is InChI=1S/C17H24O2/c1-12-9-16(11-17(3,4)10-12)19-15-7-5-14(6-8-15)13(2)18/h5-8,12,16H,9-11H2,1-4H3. The Kier molecular flexibility index (Phi) is 3.98. The fourth-order valence-corrected chi connectivity index (χ4v) is 3.31. The molecule has 0 bridgehead atoms. The summed E-state index contributed by atoms with van der Waals surface area (Å²) < 4.78 is 6.08. The van der Waals surface area contributed by atoms with Gasteiger partial charge in [0.2, 0.25) is 0 Å². The van der Waals surface area contributed by atoms with Gasteiger partial charge in [0.1, 0.15) is 5.75 Å². The average molecular weight is 260 g/mol. The lowest BCUT2D eigenvalue weighted by Gasteiger charge is -2.38. The highest BCUT2D eigenvalue weighted by Crippen LogP contribution is 2.39. The highest BCUT2D eigenvalue weighted by molar-refractivity contribution is 5.94. The lowest BCUT2D eigenvalue weighted by atomic mass is 9.71. The van der Waals surface area contributed by atoms with Crippen LogP contribution in [-0.2, 0) is 0 Å². The van der Waals surface area contributed by atoms with E-state index in [0.717, 1.165) is 24.2 Å². The van der Waals surface area contributed by atoms with E-state index in [1.807, 2.05) is 24.3 Å². The van der Waals surface area contributed by atoms with Gasteiger partial charge in [-0.1, -0.05) is 20.8 Å². The number of ether oxygens (including phenoxy) is 1. The van der Waals surface area contributed by atoms with Crippen LogP contribution in [0.25, 0.3) is 0 Å². The van der Waals surface area contributed by atoms with Gasteiger partial charge in [0.25, 0.3) is 0 Å². The summed E-state index contributed by atoms with van der Waals surface area (Å²) >= 11 is 0. The van der Waals surface area contributed by atoms with Crippen molar-refractivity contribution >= 4 is 5.78 Å². The van der Waals surface area contributed by atoms with Crippen molar-refractivity contribution in [1.82, 2.24) is 0 Å². The van der Waals surface area contributed by atoms with Crippen LogP contribution in [0.4, 0.5) is 0 Å². The highest BCUT2D eigenvalue weighted by Gasteiger charge is 2.33. The molecule has 1 aliphatic rings. The van der Waals surface area contributed by atoms with E-state index in [2.05, 4.69) is 20.8 Å². The first-order valence-electron chi connectivity index (χ1n) is 7.13. The summed E-state index contributed by atoms with van der Waals surface area (Å²) in [6, 6.07) is 7.50. The summed E-state index contributed by atoms with van der Waals surface area (Å²) in [5.41, 5.74) is 1.10. The first kappa shape index (κ1) is 14.1. The number of ketones is 1. The lowest BCUT2D eigenvalue weighted by molar-refractivity contribution is 0.0562. The average Bonchev–Trinajstić information content (AvgIpc) is 2.26. The summed E-state index contributed by atoms with van der Waals surface area (Å²) in [5.74, 6) is 1.68. The zero-order chi connectivity index (χ0) is 14.0. The third-order valence-corrected chi connectivity index (χ3v) is 3.91. The molecule has 1 aromatic rings. The molecule has 0 heterocycles. The first-order chi connectivity index (χ1) is 8.85. The minimum atomic E-state index is 0.0963. The van der Waals surface area contributed by atoms with Gasteiger partial charge in [0.15, 0.2) is 5.78 Å². The van der Waals surface area contributed by atoms with Gasteiger partial charge < -0.3 is 4.74 Å². The Balaban J connectivity index is 2.02. The van der Waals surface area contributed by atoms with Crippen molar-refractivity contribution < 1.29 is 9.53 Å². The molecule has 1 aromatic carbocycles. The molecule has 0 amide bonds. The third-order valence-electron chi connectivity index (χ3n) is 3.91. The van der Waals surface area contributed by atoms with Crippen LogP contribution in [0.15, 0.2) is 24.3 Å². The maximum absolute atomic E-state index is 11.2. The van der Waals surface area contributed by atoms with E-state index in [0.29, 0.717) is 17.4 Å². The summed E-state index contributed by atoms with van der Waals surface area (Å²) in [6.45, 7) is 8.52. The monoisotopic (exact) mass is 260 g/mol. The van der Waals surface area contributed by atoms with Crippen LogP contribution < -0.4 is 4.74 Å². The molecule has 2 atom stereocenters. The highest BCUT2D eigenvalue weighted by atomic mass is 16.5. The SMILES string of the molecule is CC(=O)c1ccc(OC2CC(C)CC(C)(C)C2)cc1. The Bertz CT molecular complexity index is 445. The number of hydrogen-bond donors (Lipinski definition) is 0. The fraction of sp³-hybridized carbons (Fsp3) is 0.588. The van der Waals surface area contributed by atoms with Crippen molar-refractivity contribution in [2.75, 3.05) is 0 Å². The van der Waals surface area contributed by atoms with Gasteiger partial charge in [0.05, 0.1) is 6.10 Å². The van der Waals surface area contributed by atoms with Crippen LogP contribution in [0.3, 0.4) is 0 Å². The molecule has 1 saturated carbocycles. The molecule has 2 heteroatoms. The van der Waals surface area contributed by atoms with E-state index in [4.69, 9.17) is 4.74 Å². The molecular formula is C17H24O2. The van der Waals surface area contributed by atoms with Crippen molar-refractivity contribution in [3.8, 4) is 5.75 Å². The summed E-state index contributed by atoms with van der Waals surface area (Å²) in [5, 5.41) is 0. The third kappa shape index (κ3) is 3.82. The quantitative estimate of drug-likeness (QED) is 0.749. The molecule has 2 rings (SSSR count). The van der Waals surface area contributed by atoms with Crippen LogP contribution in [0.5, 0.6) is 5.75 Å². The maximum atomic E-state index is 11.2. The van der Waals surface area contributed by atoms with Gasteiger partial charge in [0, 0.05) is 5.56 Å². The van der Waals surface area contributed by atoms with Crippen LogP contribution >= 0.6 is 0 Å². The van der Waals surface area contributed by atoms with Gasteiger partial charge in [-0.3, -0.25) is 4.79 Å². The molecule has 1 fully saturated rings. The van der Waals surface area contributed by atoms with E-state index >= 15 is 0 Å². The number of carbonyl (C=O) groups excluding carboxylic acids is 1. The molecular weight excluding hydrogens is 236 g/mol. The Morgan fingerprint density at radius 3 is 2.37 bits per heavy atom. The minimum absolute atomic E-state index is 0.0963. The summed E-state index contributed by atoms with van der Waals surface area (Å²) in [7, 11) is 0. The number of hydrogen-bond acceptors (Lipinski definition) is 2. The largest absolute Gasteiger partial charge is 0.490 e. The molecule has 0 saturated heterocycles. The Morgan fingerprint density at radius 1 is 1.21 bits per heavy atom. The van der Waals surface area contributed by atoms with Crippen LogP contribution in [0, 0.1) is 11.3 Å². The van der Waals surface area contributed by atoms with Crippen molar-refractivity contribution in [2.24, 2.45) is 11.3 Å². The predicted molar refractivity (Wildman–Crippen MR) is 77.7 cm³/mol. The zero-order valence-corrected chi connectivity index (χ0v) is 12.4. The molecule has 0 aromatic heterocycles. The molecule has 19 heavy (non-hydrogen) atoms. The van der Waals surface area contributed by atoms with E-state index in [1.165, 1.54) is 6.42 Å². The second-order valence-corrected chi connectivity index (χ2v) is 6.73. The molecule has 2 nitrogen and oxygen atoms in total. The van der Waals surface area contributed by atoms with Gasteiger partial charge in [-0.15, -0.1) is 0 Å². The minimum Gasteiger partial charge on any atom is -0.490 e. The van der Waals surface area contributed by atoms with Gasteiger partial charge in [-0.25, -0.2) is 0 Å². The van der Waals surface area contributed by atoms with E-state index in [9.17, 15) is 4.79 Å². The normalized spacial score (nSPS) is 25.9. The summed E-state index contributed by atoms with van der Waals surface area (Å²) in [6.07, 6.45) is 3.79. The molecule has 1 aliphatic carbocycles. The fourth-order valence-electron chi connectivity index (χ4n) is 3.31. The zero-order valence-electron chi connectivity index (χ0n) is 12.4. The van der Waals surface area contributed by atoms with Crippen molar-refractivity contribution in [3.63, 3.8) is 0 Å². The maximum Gasteiger partial charge on any atom is 0.159 e. The number of carbonyl (C=O) groups is 1. The van der Waals surface area contributed by atoms with Crippen molar-refractivity contribution in [2.45, 2.75) is 53.1 Å². The van der Waals surface area contributed by atoms with Crippen LogP contribution in [0.2, 0.25) is 0 Å². The van der Waals surface area contributed by atoms with Gasteiger partial charge in [-0.2, -0.15) is 0 Å². The first-order valence-corrected chi connectivity index (χ1v) is 7.13. The predicted octanol–water partition coefficient (Wildman–Crippen LogP) is 4.48. The smallest absolute Gasteiger partial charge is 0.159 e. The van der Waals surface area contributed by atoms with Gasteiger partial charge >= 0.3 is 0 Å². The molecule has 0 radical (unpaired) electrons. The molecule has 0 aliphatic heterocycles. The number of benzene rings is 1. The second-order valence-electron chi connectivity index (χ2n) is 6.73. The van der Waals surface area contributed by atoms with Crippen LogP contribution in [0.1, 0.15) is 57.3 Å². The van der Waals surface area contributed by atoms with Crippen molar-refractivity contribution in [3.05, 3.63) is 29.8 Å². The summed E-state index contributed by atoms with van der Waals surface area (Å²) in [4.78, 5) is 11.2. The number of Topliss-reactive ketones (excluding diaryl/α,β-unsaturated/α-hetero) is 1. The second kappa shape index (κ2) is 5.36. The molecule has 104 valence electrons. The topological polar surface area (TPSA) is 26.3 Å². The lowest BCUT2D eigenvalue weighted by Crippen LogP contribution is -2.34. The Labute approximate surface area is 116 Å². The Morgan fingerprint density at radius 2 is 1.84 bits per heavy atom. The Hall–Kier alpha value is -1.31. The van der Waals surface area contributed by atoms with E-state index < -0.39 is 0 Å².